The molecule has 0 spiro atoms. The first-order valence-corrected chi connectivity index (χ1v) is 13.7. The Balaban J connectivity index is 1.06. The molecular weight excluding hydrogens is 476 g/mol. The molecule has 2 heterocycles. The van der Waals surface area contributed by atoms with E-state index < -0.39 is 0 Å². The van der Waals surface area contributed by atoms with Gasteiger partial charge in [-0.1, -0.05) is 24.3 Å². The number of carbonyl (C=O) groups excluding carboxylic acids is 1. The van der Waals surface area contributed by atoms with Gasteiger partial charge in [-0.3, -0.25) is 9.69 Å². The summed E-state index contributed by atoms with van der Waals surface area (Å²) < 4.78 is 10.7. The van der Waals surface area contributed by atoms with Crippen molar-refractivity contribution in [1.29, 1.82) is 0 Å². The van der Waals surface area contributed by atoms with Gasteiger partial charge in [0.15, 0.2) is 11.5 Å². The number of benzene rings is 2. The van der Waals surface area contributed by atoms with Crippen LogP contribution >= 0.6 is 0 Å². The summed E-state index contributed by atoms with van der Waals surface area (Å²) in [7, 11) is 3.23. The summed E-state index contributed by atoms with van der Waals surface area (Å²) in [5, 5.41) is 3.15. The Morgan fingerprint density at radius 3 is 2.61 bits per heavy atom. The summed E-state index contributed by atoms with van der Waals surface area (Å²) in [6.07, 6.45) is 10.6. The number of rotatable bonds is 10. The fourth-order valence-electron chi connectivity index (χ4n) is 5.66. The molecule has 1 N–H and O–H groups in total. The van der Waals surface area contributed by atoms with Crippen LogP contribution < -0.4 is 14.8 Å². The maximum Gasteiger partial charge on any atom is 0.220 e. The maximum atomic E-state index is 12.6. The third kappa shape index (κ3) is 6.51. The van der Waals surface area contributed by atoms with Crippen LogP contribution in [0.1, 0.15) is 48.2 Å². The van der Waals surface area contributed by atoms with Crippen LogP contribution in [0.15, 0.2) is 48.8 Å². The number of hydrogen-bond donors (Lipinski definition) is 1. The molecule has 1 fully saturated rings. The SMILES string of the molecule is COc1ccc(-c2cnc(CCC(=O)NCC3CCCN(Cc4ccc5c(c4)CCC5)C3)nc2)cc1OC. The molecule has 1 atom stereocenters. The van der Waals surface area contributed by atoms with Gasteiger partial charge in [0.25, 0.3) is 0 Å². The number of aromatic nitrogens is 2. The van der Waals surface area contributed by atoms with Gasteiger partial charge >= 0.3 is 0 Å². The second-order valence-corrected chi connectivity index (χ2v) is 10.5. The zero-order valence-electron chi connectivity index (χ0n) is 22.5. The average Bonchev–Trinajstić information content (AvgIpc) is 3.43. The Labute approximate surface area is 225 Å². The van der Waals surface area contributed by atoms with E-state index in [1.807, 2.05) is 18.2 Å². The molecule has 1 unspecified atom stereocenters. The summed E-state index contributed by atoms with van der Waals surface area (Å²) >= 11 is 0. The topological polar surface area (TPSA) is 76.6 Å². The van der Waals surface area contributed by atoms with Crippen LogP contribution in [0.3, 0.4) is 0 Å². The van der Waals surface area contributed by atoms with Crippen molar-refractivity contribution < 1.29 is 14.3 Å². The van der Waals surface area contributed by atoms with E-state index in [1.165, 1.54) is 43.2 Å². The van der Waals surface area contributed by atoms with Crippen molar-refractivity contribution in [2.75, 3.05) is 33.9 Å². The molecule has 1 aromatic heterocycles. The number of methoxy groups -OCH3 is 2. The Morgan fingerprint density at radius 2 is 1.79 bits per heavy atom. The van der Waals surface area contributed by atoms with Crippen LogP contribution in [0.25, 0.3) is 11.1 Å². The number of fused-ring (bicyclic) bond motifs is 1. The molecule has 1 saturated heterocycles. The van der Waals surface area contributed by atoms with Gasteiger partial charge in [-0.2, -0.15) is 0 Å². The van der Waals surface area contributed by atoms with Crippen molar-refractivity contribution in [2.45, 2.75) is 51.5 Å². The standard InChI is InChI=1S/C31H38N4O3/c1-37-28-11-10-26(16-29(28)38-2)27-18-32-30(33-19-27)12-13-31(36)34-17-23-5-4-14-35(21-23)20-22-8-9-24-6-3-7-25(24)15-22/h8-11,15-16,18-19,23H,3-7,12-14,17,20-21H2,1-2H3,(H,34,36). The van der Waals surface area contributed by atoms with E-state index in [1.54, 1.807) is 32.2 Å². The normalized spacial score (nSPS) is 17.2. The molecule has 2 aliphatic rings. The van der Waals surface area contributed by atoms with Crippen LogP contribution in [0.5, 0.6) is 11.5 Å². The first kappa shape index (κ1) is 26.2. The second kappa shape index (κ2) is 12.4. The number of ether oxygens (including phenoxy) is 2. The van der Waals surface area contributed by atoms with Crippen LogP contribution in [0.2, 0.25) is 0 Å². The lowest BCUT2D eigenvalue weighted by Crippen LogP contribution is -2.40. The van der Waals surface area contributed by atoms with Gasteiger partial charge in [-0.15, -0.1) is 0 Å². The largest absolute Gasteiger partial charge is 0.493 e. The Kier molecular flexibility index (Phi) is 8.54. The highest BCUT2D eigenvalue weighted by atomic mass is 16.5. The molecule has 0 radical (unpaired) electrons. The zero-order chi connectivity index (χ0) is 26.3. The smallest absolute Gasteiger partial charge is 0.220 e. The van der Waals surface area contributed by atoms with E-state index in [4.69, 9.17) is 9.47 Å². The average molecular weight is 515 g/mol. The van der Waals surface area contributed by atoms with Crippen LogP contribution in [-0.4, -0.2) is 54.6 Å². The van der Waals surface area contributed by atoms with Crippen molar-refractivity contribution in [3.63, 3.8) is 0 Å². The number of amides is 1. The fraction of sp³-hybridized carbons (Fsp3) is 0.452. The quantitative estimate of drug-likeness (QED) is 0.426. The van der Waals surface area contributed by atoms with E-state index in [2.05, 4.69) is 38.4 Å². The van der Waals surface area contributed by atoms with Crippen molar-refractivity contribution in [3.05, 3.63) is 71.3 Å². The number of likely N-dealkylation sites (tertiary alicyclic amines) is 1. The van der Waals surface area contributed by atoms with Crippen molar-refractivity contribution >= 4 is 5.91 Å². The molecule has 0 saturated carbocycles. The van der Waals surface area contributed by atoms with E-state index >= 15 is 0 Å². The molecule has 1 amide bonds. The van der Waals surface area contributed by atoms with Gasteiger partial charge < -0.3 is 14.8 Å². The summed E-state index contributed by atoms with van der Waals surface area (Å²) in [5.41, 5.74) is 6.34. The maximum absolute atomic E-state index is 12.6. The number of nitrogens with one attached hydrogen (secondary N) is 1. The van der Waals surface area contributed by atoms with Crippen molar-refractivity contribution in [2.24, 2.45) is 5.92 Å². The minimum atomic E-state index is 0.0633. The highest BCUT2D eigenvalue weighted by Gasteiger charge is 2.21. The third-order valence-corrected chi connectivity index (χ3v) is 7.76. The Hall–Kier alpha value is -3.45. The predicted octanol–water partition coefficient (Wildman–Crippen LogP) is 4.61. The summed E-state index contributed by atoms with van der Waals surface area (Å²) in [5.74, 6) is 2.57. The molecule has 5 rings (SSSR count). The van der Waals surface area contributed by atoms with E-state index in [-0.39, 0.29) is 5.91 Å². The molecular formula is C31H38N4O3. The van der Waals surface area contributed by atoms with Crippen LogP contribution in [0.4, 0.5) is 0 Å². The van der Waals surface area contributed by atoms with E-state index in [9.17, 15) is 4.79 Å². The van der Waals surface area contributed by atoms with Gasteiger partial charge in [-0.05, 0) is 79.0 Å². The fourth-order valence-corrected chi connectivity index (χ4v) is 5.66. The molecule has 2 aromatic carbocycles. The molecule has 7 heteroatoms. The number of aryl methyl sites for hydroxylation is 3. The number of carbonyl (C=O) groups is 1. The summed E-state index contributed by atoms with van der Waals surface area (Å²) in [6.45, 7) is 3.92. The molecule has 0 bridgehead atoms. The van der Waals surface area contributed by atoms with Gasteiger partial charge in [0.2, 0.25) is 5.91 Å². The molecule has 1 aliphatic heterocycles. The molecule has 1 aliphatic carbocycles. The lowest BCUT2D eigenvalue weighted by Gasteiger charge is -2.33. The minimum absolute atomic E-state index is 0.0633. The molecule has 7 nitrogen and oxygen atoms in total. The summed E-state index contributed by atoms with van der Waals surface area (Å²) in [4.78, 5) is 24.1. The van der Waals surface area contributed by atoms with E-state index in [0.717, 1.165) is 37.3 Å². The zero-order valence-corrected chi connectivity index (χ0v) is 22.5. The molecule has 38 heavy (non-hydrogen) atoms. The minimum Gasteiger partial charge on any atom is -0.493 e. The second-order valence-electron chi connectivity index (χ2n) is 10.5. The van der Waals surface area contributed by atoms with Crippen LogP contribution in [-0.2, 0) is 30.6 Å². The number of piperidine rings is 1. The first-order valence-electron chi connectivity index (χ1n) is 13.7. The summed E-state index contributed by atoms with van der Waals surface area (Å²) in [6, 6.07) is 12.8. The van der Waals surface area contributed by atoms with Gasteiger partial charge in [-0.25, -0.2) is 9.97 Å². The molecule has 3 aromatic rings. The van der Waals surface area contributed by atoms with Gasteiger partial charge in [0, 0.05) is 50.4 Å². The Morgan fingerprint density at radius 1 is 0.974 bits per heavy atom. The van der Waals surface area contributed by atoms with Gasteiger partial charge in [0.1, 0.15) is 5.82 Å². The van der Waals surface area contributed by atoms with E-state index in [0.29, 0.717) is 36.1 Å². The molecule has 200 valence electrons. The first-order chi connectivity index (χ1) is 18.6. The lowest BCUT2D eigenvalue weighted by molar-refractivity contribution is -0.121. The van der Waals surface area contributed by atoms with Crippen molar-refractivity contribution in [1.82, 2.24) is 20.2 Å². The van der Waals surface area contributed by atoms with Gasteiger partial charge in [0.05, 0.1) is 14.2 Å². The third-order valence-electron chi connectivity index (χ3n) is 7.76. The highest BCUT2D eigenvalue weighted by molar-refractivity contribution is 5.76. The highest BCUT2D eigenvalue weighted by Crippen LogP contribution is 2.32. The predicted molar refractivity (Wildman–Crippen MR) is 148 cm³/mol. The monoisotopic (exact) mass is 514 g/mol. The van der Waals surface area contributed by atoms with Crippen LogP contribution in [0, 0.1) is 5.92 Å². The Bertz CT molecular complexity index is 1240. The van der Waals surface area contributed by atoms with Crippen molar-refractivity contribution in [3.8, 4) is 22.6 Å². The number of nitrogens with zero attached hydrogens (tertiary/aromatic N) is 3. The lowest BCUT2D eigenvalue weighted by atomic mass is 9.97. The number of hydrogen-bond acceptors (Lipinski definition) is 6.